The normalized spacial score (nSPS) is 35.0. The number of aliphatic imine (C=N–C) groups is 1. The molecule has 0 aromatic carbocycles. The molecule has 3 atom stereocenters. The van der Waals surface area contributed by atoms with Crippen LogP contribution in [0.5, 0.6) is 0 Å². The summed E-state index contributed by atoms with van der Waals surface area (Å²) in [4.78, 5) is 26.2. The highest BCUT2D eigenvalue weighted by atomic mass is 16.5. The molecule has 0 amide bonds. The highest BCUT2D eigenvalue weighted by Crippen LogP contribution is 2.56. The summed E-state index contributed by atoms with van der Waals surface area (Å²) < 4.78 is 5.62. The number of morpholine rings is 1. The lowest BCUT2D eigenvalue weighted by atomic mass is 9.64. The molecule has 9 heteroatoms. The zero-order chi connectivity index (χ0) is 28.7. The van der Waals surface area contributed by atoms with Crippen molar-refractivity contribution in [3.05, 3.63) is 11.6 Å². The second-order valence-corrected chi connectivity index (χ2v) is 15.6. The van der Waals surface area contributed by atoms with Gasteiger partial charge in [-0.25, -0.2) is 4.98 Å². The van der Waals surface area contributed by atoms with Crippen molar-refractivity contribution in [1.82, 2.24) is 25.2 Å². The molecule has 0 radical (unpaired) electrons. The number of anilines is 1. The van der Waals surface area contributed by atoms with Crippen molar-refractivity contribution in [2.24, 2.45) is 16.6 Å². The van der Waals surface area contributed by atoms with E-state index in [-0.39, 0.29) is 34.2 Å². The zero-order valence-corrected chi connectivity index (χ0v) is 26.2. The highest BCUT2D eigenvalue weighted by Gasteiger charge is 2.67. The number of ether oxygens (including phenoxy) is 1. The van der Waals surface area contributed by atoms with Crippen molar-refractivity contribution in [2.45, 2.75) is 140 Å². The molecule has 4 fully saturated rings. The van der Waals surface area contributed by atoms with E-state index < -0.39 is 5.54 Å². The largest absolute Gasteiger partial charge is 0.378 e. The number of nitrogens with one attached hydrogen (secondary N) is 1. The first-order chi connectivity index (χ1) is 18.7. The molecule has 0 saturated carbocycles. The molecule has 4 bridgehead atoms. The molecular formula is C31H52N8O. The number of fused-ring (bicyclic) bond motifs is 4. The highest BCUT2D eigenvalue weighted by molar-refractivity contribution is 5.98. The molecule has 6 aliphatic rings. The minimum Gasteiger partial charge on any atom is -0.378 e. The van der Waals surface area contributed by atoms with Gasteiger partial charge >= 0.3 is 0 Å². The number of piperidine rings is 2. The SMILES string of the molecule is CC1(C)CC(N=C2CCCCC3C(N)CC(C)(C)N(C24c2nc(N5CCOCC5)nc4n2)C3(C)C)CC(C)(C)N1. The summed E-state index contributed by atoms with van der Waals surface area (Å²) in [6.07, 6.45) is 7.30. The molecule has 1 spiro atoms. The first-order valence-corrected chi connectivity index (χ1v) is 15.7. The summed E-state index contributed by atoms with van der Waals surface area (Å²) in [7, 11) is 0. The molecule has 3 N–H and O–H groups in total. The van der Waals surface area contributed by atoms with Crippen LogP contribution in [0.25, 0.3) is 0 Å². The Balaban J connectivity index is 1.52. The Kier molecular flexibility index (Phi) is 6.69. The van der Waals surface area contributed by atoms with E-state index in [1.807, 2.05) is 0 Å². The zero-order valence-electron chi connectivity index (χ0n) is 26.2. The molecule has 222 valence electrons. The Bertz CT molecular complexity index is 1130. The lowest BCUT2D eigenvalue weighted by molar-refractivity contribution is -0.124. The van der Waals surface area contributed by atoms with Crippen LogP contribution in [0.4, 0.5) is 5.95 Å². The van der Waals surface area contributed by atoms with Gasteiger partial charge in [0.25, 0.3) is 0 Å². The van der Waals surface area contributed by atoms with Crippen molar-refractivity contribution >= 4 is 11.7 Å². The Morgan fingerprint density at radius 1 is 0.875 bits per heavy atom. The van der Waals surface area contributed by atoms with E-state index in [0.29, 0.717) is 19.1 Å². The van der Waals surface area contributed by atoms with E-state index in [0.717, 1.165) is 75.6 Å². The van der Waals surface area contributed by atoms with E-state index >= 15 is 0 Å². The van der Waals surface area contributed by atoms with Crippen molar-refractivity contribution in [2.75, 3.05) is 31.2 Å². The molecule has 4 saturated heterocycles. The summed E-state index contributed by atoms with van der Waals surface area (Å²) in [5.74, 6) is 2.93. The van der Waals surface area contributed by atoms with Crippen molar-refractivity contribution in [1.29, 1.82) is 0 Å². The minimum atomic E-state index is -0.606. The molecule has 3 unspecified atom stereocenters. The maximum absolute atomic E-state index is 6.97. The fraction of sp³-hybridized carbons (Fsp3) is 0.871. The molecule has 7 rings (SSSR count). The summed E-state index contributed by atoms with van der Waals surface area (Å²) >= 11 is 0. The topological polar surface area (TPSA) is 105 Å². The fourth-order valence-electron chi connectivity index (χ4n) is 9.54. The second kappa shape index (κ2) is 9.41. The van der Waals surface area contributed by atoms with Gasteiger partial charge in [0, 0.05) is 47.0 Å². The average Bonchev–Trinajstić information content (AvgIpc) is 2.86. The lowest BCUT2D eigenvalue weighted by Gasteiger charge is -2.65. The van der Waals surface area contributed by atoms with E-state index in [2.05, 4.69) is 70.5 Å². The molecule has 1 aromatic rings. The van der Waals surface area contributed by atoms with Gasteiger partial charge in [-0.3, -0.25) is 9.89 Å². The molecule has 0 aliphatic carbocycles. The number of hydrogen-bond donors (Lipinski definition) is 2. The first kappa shape index (κ1) is 28.4. The van der Waals surface area contributed by atoms with Crippen molar-refractivity contribution in [3.63, 3.8) is 0 Å². The van der Waals surface area contributed by atoms with Crippen LogP contribution >= 0.6 is 0 Å². The van der Waals surface area contributed by atoms with Crippen LogP contribution in [0.15, 0.2) is 4.99 Å². The van der Waals surface area contributed by atoms with Gasteiger partial charge in [0.2, 0.25) is 5.95 Å². The summed E-state index contributed by atoms with van der Waals surface area (Å²) in [6, 6.07) is 0.400. The van der Waals surface area contributed by atoms with E-state index in [4.69, 9.17) is 30.4 Å². The van der Waals surface area contributed by atoms with Gasteiger partial charge in [-0.15, -0.1) is 0 Å². The third kappa shape index (κ3) is 4.50. The second-order valence-electron chi connectivity index (χ2n) is 15.6. The maximum atomic E-state index is 6.97. The predicted molar refractivity (Wildman–Crippen MR) is 160 cm³/mol. The predicted octanol–water partition coefficient (Wildman–Crippen LogP) is 3.80. The summed E-state index contributed by atoms with van der Waals surface area (Å²) in [5.41, 5.74) is 7.28. The van der Waals surface area contributed by atoms with Crippen molar-refractivity contribution < 1.29 is 4.74 Å². The van der Waals surface area contributed by atoms with Crippen molar-refractivity contribution in [3.8, 4) is 0 Å². The summed E-state index contributed by atoms with van der Waals surface area (Å²) in [6.45, 7) is 21.8. The van der Waals surface area contributed by atoms with Gasteiger partial charge in [-0.2, -0.15) is 9.97 Å². The Labute approximate surface area is 241 Å². The van der Waals surface area contributed by atoms with Crippen LogP contribution in [0.3, 0.4) is 0 Å². The minimum absolute atomic E-state index is 0.0237. The Hall–Kier alpha value is -1.68. The van der Waals surface area contributed by atoms with Gasteiger partial charge < -0.3 is 20.7 Å². The van der Waals surface area contributed by atoms with Crippen LogP contribution in [-0.2, 0) is 10.3 Å². The third-order valence-corrected chi connectivity index (χ3v) is 10.3. The lowest BCUT2D eigenvalue weighted by Crippen LogP contribution is -2.77. The number of hydrogen-bond acceptors (Lipinski definition) is 9. The number of aromatic nitrogens is 3. The number of nitrogens with zero attached hydrogens (tertiary/aromatic N) is 6. The molecule has 9 nitrogen and oxygen atoms in total. The fourth-order valence-corrected chi connectivity index (χ4v) is 9.54. The van der Waals surface area contributed by atoms with E-state index in [9.17, 15) is 0 Å². The van der Waals surface area contributed by atoms with E-state index in [1.165, 1.54) is 5.71 Å². The first-order valence-electron chi connectivity index (χ1n) is 15.7. The molecule has 7 heterocycles. The van der Waals surface area contributed by atoms with Gasteiger partial charge in [0.15, 0.2) is 17.2 Å². The molecule has 1 aromatic heterocycles. The smallest absolute Gasteiger partial charge is 0.229 e. The van der Waals surface area contributed by atoms with Crippen LogP contribution in [-0.4, -0.2) is 86.1 Å². The molecule has 40 heavy (non-hydrogen) atoms. The van der Waals surface area contributed by atoms with E-state index in [1.54, 1.807) is 0 Å². The standard InChI is InChI=1S/C31H52N8O/c1-27(2)17-20(18-28(3,4)37-27)33-23-12-10-9-11-21-22(32)19-29(5,6)39(30(21,7)8)31(23)24-34-25(31)36-26(35-24)38-13-15-40-16-14-38/h20-22,37H,9-19,32H2,1-8H3. The van der Waals surface area contributed by atoms with Gasteiger partial charge in [0.05, 0.1) is 19.3 Å². The number of rotatable bonds is 2. The molecular weight excluding hydrogens is 500 g/mol. The quantitative estimate of drug-likeness (QED) is 0.571. The monoisotopic (exact) mass is 552 g/mol. The Morgan fingerprint density at radius 3 is 2.12 bits per heavy atom. The van der Waals surface area contributed by atoms with Crippen LogP contribution < -0.4 is 16.0 Å². The Morgan fingerprint density at radius 2 is 1.50 bits per heavy atom. The van der Waals surface area contributed by atoms with Crippen LogP contribution in [0, 0.1) is 5.92 Å². The average molecular weight is 553 g/mol. The third-order valence-electron chi connectivity index (χ3n) is 10.3. The van der Waals surface area contributed by atoms with Crippen LogP contribution in [0.2, 0.25) is 0 Å². The van der Waals surface area contributed by atoms with Crippen LogP contribution in [0.1, 0.15) is 112 Å². The maximum Gasteiger partial charge on any atom is 0.229 e. The van der Waals surface area contributed by atoms with Gasteiger partial charge in [-0.1, -0.05) is 6.42 Å². The molecule has 6 aliphatic heterocycles. The van der Waals surface area contributed by atoms with Gasteiger partial charge in [-0.05, 0) is 99.8 Å². The van der Waals surface area contributed by atoms with Gasteiger partial charge in [0.1, 0.15) is 0 Å². The summed E-state index contributed by atoms with van der Waals surface area (Å²) in [5, 5.41) is 3.85. The number of nitrogens with two attached hydrogens (primary N) is 1.